The zero-order chi connectivity index (χ0) is 15.0. The maximum atomic E-state index is 13.8. The molecule has 21 heavy (non-hydrogen) atoms. The number of ketones is 1. The van der Waals surface area contributed by atoms with Gasteiger partial charge in [-0.3, -0.25) is 9.69 Å². The molecule has 0 radical (unpaired) electrons. The van der Waals surface area contributed by atoms with Crippen molar-refractivity contribution in [2.75, 3.05) is 6.54 Å². The van der Waals surface area contributed by atoms with Crippen LogP contribution in [-0.2, 0) is 0 Å². The molecule has 1 aliphatic carbocycles. The van der Waals surface area contributed by atoms with Gasteiger partial charge >= 0.3 is 0 Å². The van der Waals surface area contributed by atoms with Gasteiger partial charge in [-0.05, 0) is 50.8 Å². The first-order valence-corrected chi connectivity index (χ1v) is 7.83. The number of nitrogens with zero attached hydrogens (tertiary/aromatic N) is 1. The van der Waals surface area contributed by atoms with E-state index in [0.717, 1.165) is 31.5 Å². The third-order valence-corrected chi connectivity index (χ3v) is 5.13. The maximum Gasteiger partial charge on any atom is 0.182 e. The molecule has 3 unspecified atom stereocenters. The summed E-state index contributed by atoms with van der Waals surface area (Å²) in [5, 5.41) is 0. The van der Waals surface area contributed by atoms with Gasteiger partial charge in [-0.2, -0.15) is 0 Å². The van der Waals surface area contributed by atoms with Gasteiger partial charge in [0, 0.05) is 12.1 Å². The highest BCUT2D eigenvalue weighted by Crippen LogP contribution is 2.37. The Morgan fingerprint density at radius 1 is 1.24 bits per heavy atom. The molecule has 0 bridgehead atoms. The van der Waals surface area contributed by atoms with Gasteiger partial charge in [0.15, 0.2) is 5.78 Å². The summed E-state index contributed by atoms with van der Waals surface area (Å²) in [7, 11) is 0. The second-order valence-corrected chi connectivity index (χ2v) is 6.30. The number of likely N-dealkylation sites (tertiary alicyclic amines) is 1. The number of carbonyl (C=O) groups is 1. The van der Waals surface area contributed by atoms with E-state index in [-0.39, 0.29) is 17.4 Å². The highest BCUT2D eigenvalue weighted by molar-refractivity contribution is 6.00. The van der Waals surface area contributed by atoms with E-state index >= 15 is 0 Å². The smallest absolute Gasteiger partial charge is 0.182 e. The molecule has 1 heterocycles. The first-order valence-electron chi connectivity index (χ1n) is 7.83. The normalized spacial score (nSPS) is 27.4. The second-order valence-electron chi connectivity index (χ2n) is 6.30. The van der Waals surface area contributed by atoms with Crippen molar-refractivity contribution >= 4 is 5.78 Å². The van der Waals surface area contributed by atoms with Gasteiger partial charge in [0.25, 0.3) is 0 Å². The van der Waals surface area contributed by atoms with E-state index in [4.69, 9.17) is 0 Å². The summed E-state index contributed by atoms with van der Waals surface area (Å²) in [5.41, 5.74) is 0.00293. The third-order valence-electron chi connectivity index (χ3n) is 5.13. The molecule has 3 atom stereocenters. The molecule has 1 saturated heterocycles. The predicted octanol–water partition coefficient (Wildman–Crippen LogP) is 3.80. The third kappa shape index (κ3) is 2.73. The molecule has 4 heteroatoms. The lowest BCUT2D eigenvalue weighted by molar-refractivity contribution is 0.0767. The van der Waals surface area contributed by atoms with Crippen LogP contribution in [0, 0.1) is 17.6 Å². The minimum atomic E-state index is -0.758. The monoisotopic (exact) mass is 293 g/mol. The van der Waals surface area contributed by atoms with Gasteiger partial charge in [0.2, 0.25) is 0 Å². The molecule has 1 aromatic rings. The van der Waals surface area contributed by atoms with Crippen molar-refractivity contribution in [3.63, 3.8) is 0 Å². The second kappa shape index (κ2) is 5.84. The minimum absolute atomic E-state index is 0.00293. The van der Waals surface area contributed by atoms with Gasteiger partial charge in [0.05, 0.1) is 11.6 Å². The summed E-state index contributed by atoms with van der Waals surface area (Å²) < 4.78 is 26.8. The standard InChI is InChI=1S/C17H21F2NO/c1-11(17(21)14-7-6-13(18)10-15(14)19)20-9-8-12-4-2-3-5-16(12)20/h6-7,10-12,16H,2-5,8-9H2,1H3. The Bertz CT molecular complexity index is 546. The van der Waals surface area contributed by atoms with Crippen LogP contribution in [0.25, 0.3) is 0 Å². The number of Topliss-reactive ketones (excluding diaryl/α,β-unsaturated/α-hetero) is 1. The average Bonchev–Trinajstić information content (AvgIpc) is 2.90. The van der Waals surface area contributed by atoms with Crippen LogP contribution in [0.15, 0.2) is 18.2 Å². The van der Waals surface area contributed by atoms with Crippen LogP contribution < -0.4 is 0 Å². The lowest BCUT2D eigenvalue weighted by Crippen LogP contribution is -2.44. The van der Waals surface area contributed by atoms with Gasteiger partial charge in [-0.1, -0.05) is 12.8 Å². The molecular weight excluding hydrogens is 272 g/mol. The molecular formula is C17H21F2NO. The molecule has 1 aliphatic heterocycles. The molecule has 0 spiro atoms. The van der Waals surface area contributed by atoms with E-state index in [0.29, 0.717) is 12.0 Å². The molecule has 1 saturated carbocycles. The Labute approximate surface area is 124 Å². The summed E-state index contributed by atoms with van der Waals surface area (Å²) in [6.45, 7) is 2.76. The van der Waals surface area contributed by atoms with Crippen molar-refractivity contribution in [2.45, 2.75) is 51.1 Å². The van der Waals surface area contributed by atoms with Crippen LogP contribution >= 0.6 is 0 Å². The molecule has 0 N–H and O–H groups in total. The molecule has 3 rings (SSSR count). The van der Waals surface area contributed by atoms with Crippen molar-refractivity contribution in [2.24, 2.45) is 5.92 Å². The Morgan fingerprint density at radius 2 is 2.00 bits per heavy atom. The van der Waals surface area contributed by atoms with Crippen molar-refractivity contribution < 1.29 is 13.6 Å². The van der Waals surface area contributed by atoms with E-state index in [1.807, 2.05) is 6.92 Å². The lowest BCUT2D eigenvalue weighted by Gasteiger charge is -2.35. The van der Waals surface area contributed by atoms with Gasteiger partial charge in [0.1, 0.15) is 11.6 Å². The molecule has 2 fully saturated rings. The Hall–Kier alpha value is -1.29. The fraction of sp³-hybridized carbons (Fsp3) is 0.588. The van der Waals surface area contributed by atoms with Gasteiger partial charge in [-0.15, -0.1) is 0 Å². The lowest BCUT2D eigenvalue weighted by atomic mass is 9.85. The number of benzene rings is 1. The quantitative estimate of drug-likeness (QED) is 0.790. The summed E-state index contributed by atoms with van der Waals surface area (Å²) in [6.07, 6.45) is 6.00. The number of fused-ring (bicyclic) bond motifs is 1. The maximum absolute atomic E-state index is 13.8. The van der Waals surface area contributed by atoms with Gasteiger partial charge in [-0.25, -0.2) is 8.78 Å². The molecule has 2 aliphatic rings. The molecule has 2 nitrogen and oxygen atoms in total. The van der Waals surface area contributed by atoms with Crippen LogP contribution in [0.5, 0.6) is 0 Å². The predicted molar refractivity (Wildman–Crippen MR) is 77.2 cm³/mol. The van der Waals surface area contributed by atoms with Crippen molar-refractivity contribution in [1.29, 1.82) is 0 Å². The van der Waals surface area contributed by atoms with Crippen LogP contribution in [0.3, 0.4) is 0 Å². The van der Waals surface area contributed by atoms with E-state index < -0.39 is 11.6 Å². The largest absolute Gasteiger partial charge is 0.292 e. The fourth-order valence-electron chi connectivity index (χ4n) is 3.99. The summed E-state index contributed by atoms with van der Waals surface area (Å²) in [5.74, 6) is -0.956. The van der Waals surface area contributed by atoms with Crippen molar-refractivity contribution in [3.8, 4) is 0 Å². The number of rotatable bonds is 3. The highest BCUT2D eigenvalue weighted by Gasteiger charge is 2.40. The van der Waals surface area contributed by atoms with Crippen LogP contribution in [0.4, 0.5) is 8.78 Å². The molecule has 0 aromatic heterocycles. The number of hydrogen-bond acceptors (Lipinski definition) is 2. The van der Waals surface area contributed by atoms with E-state index in [1.54, 1.807) is 0 Å². The van der Waals surface area contributed by atoms with Crippen molar-refractivity contribution in [1.82, 2.24) is 4.90 Å². The van der Waals surface area contributed by atoms with Crippen LogP contribution in [0.2, 0.25) is 0 Å². The zero-order valence-electron chi connectivity index (χ0n) is 12.3. The van der Waals surface area contributed by atoms with E-state index in [2.05, 4.69) is 4.90 Å². The number of hydrogen-bond donors (Lipinski definition) is 0. The number of halogens is 2. The van der Waals surface area contributed by atoms with E-state index in [1.165, 1.54) is 25.3 Å². The molecule has 1 aromatic carbocycles. The highest BCUT2D eigenvalue weighted by atomic mass is 19.1. The average molecular weight is 293 g/mol. The minimum Gasteiger partial charge on any atom is -0.292 e. The van der Waals surface area contributed by atoms with Crippen LogP contribution in [0.1, 0.15) is 49.4 Å². The Morgan fingerprint density at radius 3 is 2.76 bits per heavy atom. The summed E-state index contributed by atoms with van der Waals surface area (Å²) in [6, 6.07) is 3.32. The number of carbonyl (C=O) groups excluding carboxylic acids is 1. The molecule has 0 amide bonds. The summed E-state index contributed by atoms with van der Waals surface area (Å²) >= 11 is 0. The summed E-state index contributed by atoms with van der Waals surface area (Å²) in [4.78, 5) is 14.8. The van der Waals surface area contributed by atoms with E-state index in [9.17, 15) is 13.6 Å². The Balaban J connectivity index is 1.78. The van der Waals surface area contributed by atoms with Crippen molar-refractivity contribution in [3.05, 3.63) is 35.4 Å². The first-order chi connectivity index (χ1) is 10.1. The SMILES string of the molecule is CC(C(=O)c1ccc(F)cc1F)N1CCC2CCCCC21. The van der Waals surface area contributed by atoms with Gasteiger partial charge < -0.3 is 0 Å². The molecule has 114 valence electrons. The zero-order valence-corrected chi connectivity index (χ0v) is 12.3. The van der Waals surface area contributed by atoms with Crippen LogP contribution in [-0.4, -0.2) is 29.3 Å². The topological polar surface area (TPSA) is 20.3 Å². The first kappa shape index (κ1) is 14.6. The Kier molecular flexibility index (Phi) is 4.07. The fourth-order valence-corrected chi connectivity index (χ4v) is 3.99.